The van der Waals surface area contributed by atoms with Crippen LogP contribution in [0.25, 0.3) is 0 Å². The van der Waals surface area contributed by atoms with Crippen LogP contribution in [-0.4, -0.2) is 16.3 Å². The van der Waals surface area contributed by atoms with Crippen LogP contribution < -0.4 is 5.73 Å². The Morgan fingerprint density at radius 2 is 2.07 bits per heavy atom. The van der Waals surface area contributed by atoms with Gasteiger partial charge in [-0.2, -0.15) is 5.26 Å². The summed E-state index contributed by atoms with van der Waals surface area (Å²) in [4.78, 5) is 0. The topological polar surface area (TPSA) is 90.3 Å². The fraction of sp³-hybridized carbons (Fsp3) is 0.222. The summed E-state index contributed by atoms with van der Waals surface area (Å²) in [6.07, 6.45) is -3.26. The number of nitriles is 1. The standard InChI is InChI=1S/C9H8ClFN2O2/c10-4-1-5(8(13)6(11)2-4)9(15)7(14)3-12/h1-2,7,9,14-15H,13H2. The molecule has 0 aliphatic rings. The molecule has 1 aromatic carbocycles. The molecular formula is C9H8ClFN2O2. The molecule has 0 heterocycles. The molecule has 0 saturated carbocycles. The van der Waals surface area contributed by atoms with E-state index >= 15 is 0 Å². The molecule has 0 aromatic heterocycles. The van der Waals surface area contributed by atoms with E-state index in [0.717, 1.165) is 6.07 Å². The van der Waals surface area contributed by atoms with Crippen molar-refractivity contribution in [3.63, 3.8) is 0 Å². The van der Waals surface area contributed by atoms with Gasteiger partial charge in [-0.15, -0.1) is 0 Å². The Kier molecular flexibility index (Phi) is 3.48. The number of nitrogens with zero attached hydrogens (tertiary/aromatic N) is 1. The Bertz CT molecular complexity index is 419. The first kappa shape index (κ1) is 11.7. The third-order valence-electron chi connectivity index (χ3n) is 1.88. The molecule has 4 N–H and O–H groups in total. The molecule has 0 fully saturated rings. The second-order valence-electron chi connectivity index (χ2n) is 2.91. The predicted molar refractivity (Wildman–Crippen MR) is 52.4 cm³/mol. The summed E-state index contributed by atoms with van der Waals surface area (Å²) < 4.78 is 13.1. The number of benzene rings is 1. The molecule has 4 nitrogen and oxygen atoms in total. The minimum Gasteiger partial charge on any atom is -0.396 e. The lowest BCUT2D eigenvalue weighted by Gasteiger charge is -2.15. The van der Waals surface area contributed by atoms with Crippen molar-refractivity contribution in [2.24, 2.45) is 0 Å². The average molecular weight is 231 g/mol. The molecule has 1 aromatic rings. The van der Waals surface area contributed by atoms with Crippen LogP contribution in [0.4, 0.5) is 10.1 Å². The molecule has 0 aliphatic carbocycles. The van der Waals surface area contributed by atoms with Gasteiger partial charge in [-0.05, 0) is 12.1 Å². The van der Waals surface area contributed by atoms with E-state index in [4.69, 9.17) is 27.7 Å². The highest BCUT2D eigenvalue weighted by Gasteiger charge is 2.22. The number of rotatable bonds is 2. The lowest BCUT2D eigenvalue weighted by atomic mass is 10.0. The maximum Gasteiger partial charge on any atom is 0.170 e. The molecular weight excluding hydrogens is 223 g/mol. The van der Waals surface area contributed by atoms with Crippen LogP contribution in [0.15, 0.2) is 12.1 Å². The van der Waals surface area contributed by atoms with Gasteiger partial charge < -0.3 is 15.9 Å². The second kappa shape index (κ2) is 4.45. The molecule has 0 radical (unpaired) electrons. The number of nitrogen functional groups attached to an aromatic ring is 1. The molecule has 2 unspecified atom stereocenters. The quantitative estimate of drug-likeness (QED) is 0.522. The lowest BCUT2D eigenvalue weighted by Crippen LogP contribution is -2.17. The van der Waals surface area contributed by atoms with Crippen molar-refractivity contribution >= 4 is 17.3 Å². The Labute approximate surface area is 90.3 Å². The van der Waals surface area contributed by atoms with Crippen molar-refractivity contribution in [3.8, 4) is 6.07 Å². The van der Waals surface area contributed by atoms with Crippen molar-refractivity contribution in [2.45, 2.75) is 12.2 Å². The third-order valence-corrected chi connectivity index (χ3v) is 2.09. The van der Waals surface area contributed by atoms with Crippen molar-refractivity contribution < 1.29 is 14.6 Å². The highest BCUT2D eigenvalue weighted by molar-refractivity contribution is 6.30. The second-order valence-corrected chi connectivity index (χ2v) is 3.35. The highest BCUT2D eigenvalue weighted by atomic mass is 35.5. The van der Waals surface area contributed by atoms with E-state index in [1.165, 1.54) is 12.1 Å². The van der Waals surface area contributed by atoms with Crippen molar-refractivity contribution in [1.29, 1.82) is 5.26 Å². The summed E-state index contributed by atoms with van der Waals surface area (Å²) in [6.45, 7) is 0. The maximum atomic E-state index is 13.1. The van der Waals surface area contributed by atoms with Gasteiger partial charge in [0, 0.05) is 10.6 Å². The molecule has 0 bridgehead atoms. The molecule has 0 saturated heterocycles. The van der Waals surface area contributed by atoms with E-state index in [9.17, 15) is 9.50 Å². The van der Waals surface area contributed by atoms with E-state index in [-0.39, 0.29) is 16.3 Å². The Morgan fingerprint density at radius 1 is 1.47 bits per heavy atom. The molecule has 0 aliphatic heterocycles. The number of hydrogen-bond donors (Lipinski definition) is 3. The molecule has 6 heteroatoms. The normalized spacial score (nSPS) is 14.3. The van der Waals surface area contributed by atoms with Crippen LogP contribution in [0.1, 0.15) is 11.7 Å². The monoisotopic (exact) mass is 230 g/mol. The zero-order valence-corrected chi connectivity index (χ0v) is 8.24. The van der Waals surface area contributed by atoms with Crippen LogP contribution in [0.5, 0.6) is 0 Å². The van der Waals surface area contributed by atoms with Gasteiger partial charge in [-0.3, -0.25) is 0 Å². The van der Waals surface area contributed by atoms with Gasteiger partial charge in [-0.1, -0.05) is 11.6 Å². The number of halogens is 2. The van der Waals surface area contributed by atoms with Gasteiger partial charge in [0.05, 0.1) is 11.8 Å². The van der Waals surface area contributed by atoms with Crippen LogP contribution in [0, 0.1) is 17.1 Å². The largest absolute Gasteiger partial charge is 0.396 e. The maximum absolute atomic E-state index is 13.1. The lowest BCUT2D eigenvalue weighted by molar-refractivity contribution is 0.0531. The van der Waals surface area contributed by atoms with Gasteiger partial charge in [0.2, 0.25) is 0 Å². The van der Waals surface area contributed by atoms with Crippen LogP contribution in [0.2, 0.25) is 5.02 Å². The van der Waals surface area contributed by atoms with Crippen molar-refractivity contribution in [2.75, 3.05) is 5.73 Å². The highest BCUT2D eigenvalue weighted by Crippen LogP contribution is 2.28. The van der Waals surface area contributed by atoms with E-state index in [1.54, 1.807) is 0 Å². The smallest absolute Gasteiger partial charge is 0.170 e. The molecule has 1 rings (SSSR count). The number of nitrogens with two attached hydrogens (primary N) is 1. The fourth-order valence-corrected chi connectivity index (χ4v) is 1.30. The first-order valence-electron chi connectivity index (χ1n) is 3.97. The van der Waals surface area contributed by atoms with Gasteiger partial charge in [-0.25, -0.2) is 4.39 Å². The first-order valence-corrected chi connectivity index (χ1v) is 4.35. The third kappa shape index (κ3) is 2.36. The zero-order valence-electron chi connectivity index (χ0n) is 7.48. The summed E-state index contributed by atoms with van der Waals surface area (Å²) in [5, 5.41) is 26.9. The molecule has 0 spiro atoms. The summed E-state index contributed by atoms with van der Waals surface area (Å²) in [5.74, 6) is -0.804. The minimum atomic E-state index is -1.68. The molecule has 2 atom stereocenters. The Morgan fingerprint density at radius 3 is 2.60 bits per heavy atom. The zero-order chi connectivity index (χ0) is 11.6. The molecule has 80 valence electrons. The van der Waals surface area contributed by atoms with E-state index in [2.05, 4.69) is 0 Å². The summed E-state index contributed by atoms with van der Waals surface area (Å²) in [5.41, 5.74) is 4.90. The van der Waals surface area contributed by atoms with Crippen molar-refractivity contribution in [1.82, 2.24) is 0 Å². The van der Waals surface area contributed by atoms with Gasteiger partial charge in [0.15, 0.2) is 6.10 Å². The number of aliphatic hydroxyl groups is 2. The summed E-state index contributed by atoms with van der Waals surface area (Å²) >= 11 is 5.54. The predicted octanol–water partition coefficient (Wildman–Crippen LogP) is 0.979. The van der Waals surface area contributed by atoms with Crippen LogP contribution >= 0.6 is 11.6 Å². The molecule has 15 heavy (non-hydrogen) atoms. The summed E-state index contributed by atoms with van der Waals surface area (Å²) in [6, 6.07) is 3.59. The SMILES string of the molecule is N#CC(O)C(O)c1cc(Cl)cc(F)c1N. The first-order chi connectivity index (χ1) is 6.97. The van der Waals surface area contributed by atoms with E-state index in [0.29, 0.717) is 0 Å². The van der Waals surface area contributed by atoms with Gasteiger partial charge in [0.25, 0.3) is 0 Å². The van der Waals surface area contributed by atoms with Gasteiger partial charge >= 0.3 is 0 Å². The van der Waals surface area contributed by atoms with Crippen LogP contribution in [-0.2, 0) is 0 Å². The van der Waals surface area contributed by atoms with Crippen LogP contribution in [0.3, 0.4) is 0 Å². The summed E-state index contributed by atoms with van der Waals surface area (Å²) in [7, 11) is 0. The van der Waals surface area contributed by atoms with Gasteiger partial charge in [0.1, 0.15) is 11.9 Å². The van der Waals surface area contributed by atoms with Crippen molar-refractivity contribution in [3.05, 3.63) is 28.5 Å². The Hall–Kier alpha value is -1.35. The number of anilines is 1. The number of hydrogen-bond acceptors (Lipinski definition) is 4. The minimum absolute atomic E-state index is 0.0286. The van der Waals surface area contributed by atoms with E-state index in [1.807, 2.05) is 0 Å². The average Bonchev–Trinajstić information content (AvgIpc) is 2.21. The fourth-order valence-electron chi connectivity index (χ4n) is 1.09. The number of aliphatic hydroxyl groups excluding tert-OH is 2. The van der Waals surface area contributed by atoms with E-state index < -0.39 is 18.0 Å². The molecule has 0 amide bonds. The Balaban J connectivity index is 3.20.